The van der Waals surface area contributed by atoms with Gasteiger partial charge in [-0.1, -0.05) is 12.7 Å². The molecule has 1 aliphatic rings. The molecule has 5 heteroatoms. The lowest BCUT2D eigenvalue weighted by molar-refractivity contribution is -0.384. The summed E-state index contributed by atoms with van der Waals surface area (Å²) < 4.78 is 6.05. The molecule has 1 aliphatic heterocycles. The van der Waals surface area contributed by atoms with Crippen LogP contribution < -0.4 is 0 Å². The highest BCUT2D eigenvalue weighted by molar-refractivity contribution is 6.80. The summed E-state index contributed by atoms with van der Waals surface area (Å²) in [5.74, 6) is 0. The summed E-state index contributed by atoms with van der Waals surface area (Å²) in [6, 6.07) is 6.64. The maximum Gasteiger partial charge on any atom is 0.269 e. The molecule has 1 aromatic rings. The van der Waals surface area contributed by atoms with E-state index in [9.17, 15) is 10.1 Å². The Morgan fingerprint density at radius 1 is 1.45 bits per heavy atom. The largest absolute Gasteiger partial charge is 0.410 e. The van der Waals surface area contributed by atoms with Gasteiger partial charge in [0.05, 0.1) is 4.92 Å². The van der Waals surface area contributed by atoms with E-state index in [0.29, 0.717) is 0 Å². The van der Waals surface area contributed by atoms with Crippen molar-refractivity contribution in [2.45, 2.75) is 32.5 Å². The van der Waals surface area contributed by atoms with Crippen molar-refractivity contribution in [3.63, 3.8) is 0 Å². The Morgan fingerprint density at radius 3 is 2.45 bits per heavy atom. The highest BCUT2D eigenvalue weighted by atomic mass is 28.4. The zero-order valence-corrected chi connectivity index (χ0v) is 13.1. The Bertz CT molecular complexity index is 575. The van der Waals surface area contributed by atoms with Crippen molar-refractivity contribution in [1.82, 2.24) is 0 Å². The van der Waals surface area contributed by atoms with Crippen LogP contribution in [0.3, 0.4) is 0 Å². The van der Waals surface area contributed by atoms with Gasteiger partial charge in [0.25, 0.3) is 5.69 Å². The molecule has 1 heterocycles. The monoisotopic (exact) mass is 289 g/mol. The third kappa shape index (κ3) is 2.73. The summed E-state index contributed by atoms with van der Waals surface area (Å²) >= 11 is 0. The van der Waals surface area contributed by atoms with Crippen LogP contribution >= 0.6 is 0 Å². The quantitative estimate of drug-likeness (QED) is 0.478. The molecular formula is C15H19NO3Si. The lowest BCUT2D eigenvalue weighted by Gasteiger charge is -2.19. The number of hydrogen-bond donors (Lipinski definition) is 0. The predicted molar refractivity (Wildman–Crippen MR) is 82.9 cm³/mol. The highest BCUT2D eigenvalue weighted by Gasteiger charge is 2.38. The molecular weight excluding hydrogens is 270 g/mol. The molecule has 2 rings (SSSR count). The third-order valence-electron chi connectivity index (χ3n) is 3.63. The summed E-state index contributed by atoms with van der Waals surface area (Å²) in [5, 5.41) is 12.0. The van der Waals surface area contributed by atoms with E-state index in [2.05, 4.69) is 26.6 Å². The first kappa shape index (κ1) is 14.7. The Labute approximate surface area is 120 Å². The fourth-order valence-corrected chi connectivity index (χ4v) is 5.67. The lowest BCUT2D eigenvalue weighted by atomic mass is 10.0. The minimum Gasteiger partial charge on any atom is -0.410 e. The van der Waals surface area contributed by atoms with Crippen LogP contribution in [0.2, 0.25) is 13.1 Å². The van der Waals surface area contributed by atoms with Gasteiger partial charge < -0.3 is 4.43 Å². The van der Waals surface area contributed by atoms with E-state index in [1.54, 1.807) is 12.1 Å². The van der Waals surface area contributed by atoms with Gasteiger partial charge in [0.1, 0.15) is 0 Å². The molecule has 1 aromatic carbocycles. The molecule has 0 bridgehead atoms. The van der Waals surface area contributed by atoms with E-state index in [0.717, 1.165) is 17.6 Å². The van der Waals surface area contributed by atoms with E-state index < -0.39 is 8.32 Å². The van der Waals surface area contributed by atoms with Crippen LogP contribution in [0.4, 0.5) is 5.69 Å². The number of benzene rings is 1. The number of nitrogens with zero attached hydrogens (tertiary/aromatic N) is 1. The maximum atomic E-state index is 10.7. The van der Waals surface area contributed by atoms with Crippen molar-refractivity contribution in [1.29, 1.82) is 0 Å². The molecule has 1 saturated heterocycles. The number of rotatable bonds is 3. The second kappa shape index (κ2) is 5.34. The van der Waals surface area contributed by atoms with Crippen LogP contribution in [-0.2, 0) is 4.43 Å². The van der Waals surface area contributed by atoms with Crippen molar-refractivity contribution >= 4 is 19.6 Å². The Hall–Kier alpha value is -1.72. The molecule has 106 valence electrons. The molecule has 0 radical (unpaired) electrons. The first-order valence-electron chi connectivity index (χ1n) is 6.64. The second-order valence-corrected chi connectivity index (χ2v) is 9.40. The zero-order valence-electron chi connectivity index (χ0n) is 12.1. The van der Waals surface area contributed by atoms with Gasteiger partial charge >= 0.3 is 0 Å². The van der Waals surface area contributed by atoms with Gasteiger partial charge in [-0.3, -0.25) is 10.1 Å². The van der Waals surface area contributed by atoms with Crippen LogP contribution in [0.5, 0.6) is 0 Å². The van der Waals surface area contributed by atoms with Gasteiger partial charge in [0.15, 0.2) is 0 Å². The van der Waals surface area contributed by atoms with Crippen molar-refractivity contribution in [3.8, 4) is 0 Å². The summed E-state index contributed by atoms with van der Waals surface area (Å²) in [7, 11) is -1.86. The second-order valence-electron chi connectivity index (χ2n) is 5.54. The Balaban J connectivity index is 2.47. The topological polar surface area (TPSA) is 52.4 Å². The summed E-state index contributed by atoms with van der Waals surface area (Å²) in [6.07, 6.45) is 2.99. The van der Waals surface area contributed by atoms with Crippen molar-refractivity contribution in [2.24, 2.45) is 0 Å². The molecule has 0 N–H and O–H groups in total. The molecule has 0 saturated carbocycles. The van der Waals surface area contributed by atoms with Gasteiger partial charge in [-0.05, 0) is 54.9 Å². The predicted octanol–water partition coefficient (Wildman–Crippen LogP) is 4.09. The Kier molecular flexibility index (Phi) is 3.92. The number of nitro groups is 1. The molecule has 0 amide bonds. The van der Waals surface area contributed by atoms with Gasteiger partial charge in [0.2, 0.25) is 8.32 Å². The standard InChI is InChI=1S/C15H19NO3Si/c1-5-14(15-10-11(2)19-20(15,3)4)12-6-8-13(9-7-12)16(17)18/h5-9,11H,1,10H2,2-4H3/b15-14-/t11-/m1/s1. The molecule has 0 aromatic heterocycles. The van der Waals surface area contributed by atoms with Gasteiger partial charge in [0, 0.05) is 18.2 Å². The number of nitro benzene ring substituents is 1. The van der Waals surface area contributed by atoms with Crippen molar-refractivity contribution in [2.75, 3.05) is 0 Å². The minimum absolute atomic E-state index is 0.106. The molecule has 1 fully saturated rings. The zero-order chi connectivity index (χ0) is 14.9. The first-order chi connectivity index (χ1) is 9.35. The van der Waals surface area contributed by atoms with E-state index in [1.807, 2.05) is 6.08 Å². The normalized spacial score (nSPS) is 23.4. The summed E-state index contributed by atoms with van der Waals surface area (Å²) in [6.45, 7) is 10.3. The van der Waals surface area contributed by atoms with Crippen LogP contribution in [0.25, 0.3) is 5.57 Å². The van der Waals surface area contributed by atoms with Crippen LogP contribution in [0.15, 0.2) is 42.1 Å². The fourth-order valence-electron chi connectivity index (χ4n) is 2.76. The highest BCUT2D eigenvalue weighted by Crippen LogP contribution is 2.37. The van der Waals surface area contributed by atoms with Gasteiger partial charge in [-0.25, -0.2) is 0 Å². The lowest BCUT2D eigenvalue weighted by Crippen LogP contribution is -2.28. The molecule has 0 spiro atoms. The fraction of sp³-hybridized carbons (Fsp3) is 0.333. The molecule has 0 aliphatic carbocycles. The molecule has 20 heavy (non-hydrogen) atoms. The molecule has 0 unspecified atom stereocenters. The van der Waals surface area contributed by atoms with Crippen molar-refractivity contribution < 1.29 is 9.35 Å². The van der Waals surface area contributed by atoms with E-state index in [4.69, 9.17) is 4.43 Å². The van der Waals surface area contributed by atoms with Gasteiger partial charge in [-0.2, -0.15) is 0 Å². The van der Waals surface area contributed by atoms with Crippen molar-refractivity contribution in [3.05, 3.63) is 57.8 Å². The maximum absolute atomic E-state index is 10.7. The molecule has 4 nitrogen and oxygen atoms in total. The number of non-ortho nitro benzene ring substituents is 1. The third-order valence-corrected chi connectivity index (χ3v) is 6.55. The average molecular weight is 289 g/mol. The minimum atomic E-state index is -1.86. The Morgan fingerprint density at radius 2 is 2.05 bits per heavy atom. The van der Waals surface area contributed by atoms with E-state index in [-0.39, 0.29) is 16.7 Å². The number of allylic oxidation sites excluding steroid dienone is 2. The summed E-state index contributed by atoms with van der Waals surface area (Å²) in [5.41, 5.74) is 2.15. The smallest absolute Gasteiger partial charge is 0.269 e. The van der Waals surface area contributed by atoms with Crippen LogP contribution in [-0.4, -0.2) is 19.3 Å². The van der Waals surface area contributed by atoms with Crippen LogP contribution in [0.1, 0.15) is 18.9 Å². The van der Waals surface area contributed by atoms with Gasteiger partial charge in [-0.15, -0.1) is 0 Å². The van der Waals surface area contributed by atoms with E-state index in [1.165, 1.54) is 17.3 Å². The van der Waals surface area contributed by atoms with E-state index >= 15 is 0 Å². The molecule has 1 atom stereocenters. The number of hydrogen-bond acceptors (Lipinski definition) is 3. The average Bonchev–Trinajstić information content (AvgIpc) is 2.64. The summed E-state index contributed by atoms with van der Waals surface area (Å²) in [4.78, 5) is 10.3. The first-order valence-corrected chi connectivity index (χ1v) is 9.54. The SMILES string of the molecule is C=C/C(=C1\C[C@@H](C)O[Si]1(C)C)c1ccc([N+](=O)[O-])cc1. The van der Waals surface area contributed by atoms with Crippen LogP contribution in [0, 0.1) is 10.1 Å².